The zero-order chi connectivity index (χ0) is 17.1. The van der Waals surface area contributed by atoms with E-state index in [4.69, 9.17) is 4.42 Å². The van der Waals surface area contributed by atoms with Gasteiger partial charge in [-0.3, -0.25) is 0 Å². The first-order valence-corrected chi connectivity index (χ1v) is 8.36. The second kappa shape index (κ2) is 8.11. The van der Waals surface area contributed by atoms with Gasteiger partial charge in [0.05, 0.1) is 0 Å². The zero-order valence-electron chi connectivity index (χ0n) is 14.5. The van der Waals surface area contributed by atoms with E-state index >= 15 is 0 Å². The van der Waals surface area contributed by atoms with Crippen LogP contribution in [-0.2, 0) is 6.54 Å². The molecule has 0 saturated heterocycles. The van der Waals surface area contributed by atoms with E-state index in [1.807, 2.05) is 43.3 Å². The van der Waals surface area contributed by atoms with Crippen LogP contribution in [0.3, 0.4) is 0 Å². The van der Waals surface area contributed by atoms with Crippen molar-refractivity contribution in [3.05, 3.63) is 96.5 Å². The SMILES string of the molecule is Cc1oc(-c2ccccc2)nc1-c1cc[n+](Cc2ccccc2)cc1.[Br-]. The lowest BCUT2D eigenvalue weighted by molar-refractivity contribution is -0.688. The molecule has 0 spiro atoms. The maximum atomic E-state index is 5.86. The normalized spacial score (nSPS) is 10.3. The van der Waals surface area contributed by atoms with Gasteiger partial charge in [-0.25, -0.2) is 9.55 Å². The quantitative estimate of drug-likeness (QED) is 0.482. The Labute approximate surface area is 163 Å². The van der Waals surface area contributed by atoms with Gasteiger partial charge in [0.25, 0.3) is 0 Å². The molecule has 2 heterocycles. The minimum atomic E-state index is 0. The Balaban J connectivity index is 0.00000196. The molecule has 0 N–H and O–H groups in total. The minimum absolute atomic E-state index is 0. The molecule has 0 bridgehead atoms. The van der Waals surface area contributed by atoms with Gasteiger partial charge >= 0.3 is 0 Å². The average Bonchev–Trinajstić information content (AvgIpc) is 3.06. The molecule has 0 amide bonds. The Kier molecular flexibility index (Phi) is 5.64. The highest BCUT2D eigenvalue weighted by Gasteiger charge is 2.14. The highest BCUT2D eigenvalue weighted by atomic mass is 79.9. The van der Waals surface area contributed by atoms with Gasteiger partial charge in [-0.1, -0.05) is 48.5 Å². The average molecular weight is 407 g/mol. The lowest BCUT2D eigenvalue weighted by Gasteiger charge is -1.99. The third kappa shape index (κ3) is 3.92. The maximum Gasteiger partial charge on any atom is 0.226 e. The van der Waals surface area contributed by atoms with Crippen LogP contribution in [0.25, 0.3) is 22.7 Å². The summed E-state index contributed by atoms with van der Waals surface area (Å²) in [6, 6.07) is 24.6. The number of rotatable bonds is 4. The van der Waals surface area contributed by atoms with E-state index in [1.54, 1.807) is 0 Å². The molecule has 4 rings (SSSR count). The Morgan fingerprint density at radius 3 is 2.08 bits per heavy atom. The predicted octanol–water partition coefficient (Wildman–Crippen LogP) is 1.66. The summed E-state index contributed by atoms with van der Waals surface area (Å²) in [5.74, 6) is 1.49. The number of aromatic nitrogens is 2. The van der Waals surface area contributed by atoms with Crippen molar-refractivity contribution in [2.75, 3.05) is 0 Å². The molecule has 4 heteroatoms. The monoisotopic (exact) mass is 406 g/mol. The molecule has 0 aliphatic carbocycles. The molecule has 0 aliphatic heterocycles. The van der Waals surface area contributed by atoms with Crippen molar-refractivity contribution < 1.29 is 26.0 Å². The summed E-state index contributed by atoms with van der Waals surface area (Å²) in [5, 5.41) is 0. The lowest BCUT2D eigenvalue weighted by atomic mass is 10.1. The number of benzene rings is 2. The van der Waals surface area contributed by atoms with Gasteiger partial charge in [0, 0.05) is 28.8 Å². The lowest BCUT2D eigenvalue weighted by Crippen LogP contribution is -3.00. The molecular formula is C22H19BrN2O. The van der Waals surface area contributed by atoms with Gasteiger partial charge in [-0.2, -0.15) is 0 Å². The van der Waals surface area contributed by atoms with E-state index in [-0.39, 0.29) is 17.0 Å². The van der Waals surface area contributed by atoms with Crippen molar-refractivity contribution in [3.8, 4) is 22.7 Å². The number of oxazole rings is 1. The molecule has 4 aromatic rings. The minimum Gasteiger partial charge on any atom is -1.00 e. The predicted molar refractivity (Wildman–Crippen MR) is 97.9 cm³/mol. The molecule has 2 aromatic heterocycles. The first-order valence-electron chi connectivity index (χ1n) is 8.36. The third-order valence-electron chi connectivity index (χ3n) is 4.19. The van der Waals surface area contributed by atoms with Crippen molar-refractivity contribution in [1.29, 1.82) is 0 Å². The fourth-order valence-corrected chi connectivity index (χ4v) is 2.88. The number of pyridine rings is 1. The van der Waals surface area contributed by atoms with Gasteiger partial charge in [0.1, 0.15) is 11.5 Å². The Hall–Kier alpha value is -2.72. The van der Waals surface area contributed by atoms with E-state index in [0.29, 0.717) is 5.89 Å². The zero-order valence-corrected chi connectivity index (χ0v) is 16.1. The maximum absolute atomic E-state index is 5.86. The molecule has 26 heavy (non-hydrogen) atoms. The topological polar surface area (TPSA) is 29.9 Å². The number of halogens is 1. The van der Waals surface area contributed by atoms with Crippen molar-refractivity contribution >= 4 is 0 Å². The summed E-state index contributed by atoms with van der Waals surface area (Å²) in [5.41, 5.74) is 4.23. The van der Waals surface area contributed by atoms with Gasteiger partial charge < -0.3 is 21.4 Å². The number of hydrogen-bond acceptors (Lipinski definition) is 2. The van der Waals surface area contributed by atoms with E-state index in [0.717, 1.165) is 29.1 Å². The van der Waals surface area contributed by atoms with Crippen LogP contribution in [0.2, 0.25) is 0 Å². The standard InChI is InChI=1S/C22H19N2O.BrH/c1-17-21(23-22(25-17)20-10-6-3-7-11-20)19-12-14-24(15-13-19)16-18-8-4-2-5-9-18;/h2-15H,16H2,1H3;1H/q+1;/p-1. The molecule has 0 fully saturated rings. The van der Waals surface area contributed by atoms with E-state index in [9.17, 15) is 0 Å². The highest BCUT2D eigenvalue weighted by molar-refractivity contribution is 5.64. The van der Waals surface area contributed by atoms with E-state index < -0.39 is 0 Å². The highest BCUT2D eigenvalue weighted by Crippen LogP contribution is 2.27. The Morgan fingerprint density at radius 2 is 1.42 bits per heavy atom. The van der Waals surface area contributed by atoms with Crippen LogP contribution in [0.15, 0.2) is 89.6 Å². The molecule has 3 nitrogen and oxygen atoms in total. The summed E-state index contributed by atoms with van der Waals surface area (Å²) in [6.45, 7) is 2.81. The molecule has 0 saturated carbocycles. The molecule has 0 radical (unpaired) electrons. The summed E-state index contributed by atoms with van der Waals surface area (Å²) < 4.78 is 8.02. The number of aryl methyl sites for hydroxylation is 1. The summed E-state index contributed by atoms with van der Waals surface area (Å²) in [7, 11) is 0. The Bertz CT molecular complexity index is 964. The van der Waals surface area contributed by atoms with Crippen LogP contribution in [0.5, 0.6) is 0 Å². The van der Waals surface area contributed by atoms with Crippen molar-refractivity contribution in [2.24, 2.45) is 0 Å². The van der Waals surface area contributed by atoms with Crippen LogP contribution in [0.4, 0.5) is 0 Å². The van der Waals surface area contributed by atoms with Crippen LogP contribution < -0.4 is 21.5 Å². The number of hydrogen-bond donors (Lipinski definition) is 0. The van der Waals surface area contributed by atoms with Crippen LogP contribution in [-0.4, -0.2) is 4.98 Å². The second-order valence-corrected chi connectivity index (χ2v) is 6.03. The smallest absolute Gasteiger partial charge is 0.226 e. The summed E-state index contributed by atoms with van der Waals surface area (Å²) in [6.07, 6.45) is 4.16. The summed E-state index contributed by atoms with van der Waals surface area (Å²) in [4.78, 5) is 4.69. The van der Waals surface area contributed by atoms with Crippen molar-refractivity contribution in [2.45, 2.75) is 13.5 Å². The molecule has 0 unspecified atom stereocenters. The van der Waals surface area contributed by atoms with Gasteiger partial charge in [-0.15, -0.1) is 0 Å². The van der Waals surface area contributed by atoms with Crippen molar-refractivity contribution in [1.82, 2.24) is 4.98 Å². The Morgan fingerprint density at radius 1 is 0.808 bits per heavy atom. The molecule has 0 atom stereocenters. The molecular weight excluding hydrogens is 388 g/mol. The van der Waals surface area contributed by atoms with E-state index in [2.05, 4.69) is 58.3 Å². The third-order valence-corrected chi connectivity index (χ3v) is 4.19. The first kappa shape index (κ1) is 18.1. The van der Waals surface area contributed by atoms with Gasteiger partial charge in [-0.05, 0) is 19.1 Å². The van der Waals surface area contributed by atoms with Crippen LogP contribution in [0.1, 0.15) is 11.3 Å². The van der Waals surface area contributed by atoms with Crippen molar-refractivity contribution in [3.63, 3.8) is 0 Å². The first-order chi connectivity index (χ1) is 12.3. The van der Waals surface area contributed by atoms with Gasteiger partial charge in [0.2, 0.25) is 5.89 Å². The number of nitrogens with zero attached hydrogens (tertiary/aromatic N) is 2. The van der Waals surface area contributed by atoms with Crippen LogP contribution >= 0.6 is 0 Å². The largest absolute Gasteiger partial charge is 1.00 e. The summed E-state index contributed by atoms with van der Waals surface area (Å²) >= 11 is 0. The van der Waals surface area contributed by atoms with Crippen LogP contribution in [0, 0.1) is 6.92 Å². The van der Waals surface area contributed by atoms with Gasteiger partial charge in [0.15, 0.2) is 18.9 Å². The molecule has 2 aromatic carbocycles. The molecule has 0 aliphatic rings. The van der Waals surface area contributed by atoms with E-state index in [1.165, 1.54) is 5.56 Å². The molecule has 130 valence electrons. The fraction of sp³-hybridized carbons (Fsp3) is 0.0909. The second-order valence-electron chi connectivity index (χ2n) is 6.03. The fourth-order valence-electron chi connectivity index (χ4n) is 2.88.